The molecule has 0 saturated carbocycles. The average Bonchev–Trinajstić information content (AvgIpc) is 2.81. The second kappa shape index (κ2) is 8.31. The minimum Gasteiger partial charge on any atom is -0.320 e. The number of benzene rings is 1. The van der Waals surface area contributed by atoms with E-state index in [1.165, 1.54) is 38.0 Å². The maximum atomic E-state index is 3.35. The van der Waals surface area contributed by atoms with Gasteiger partial charge in [-0.25, -0.2) is 0 Å². The molecule has 2 nitrogen and oxygen atoms in total. The van der Waals surface area contributed by atoms with Crippen LogP contribution in [-0.4, -0.2) is 26.7 Å². The van der Waals surface area contributed by atoms with Gasteiger partial charge in [0, 0.05) is 0 Å². The molecule has 16 heavy (non-hydrogen) atoms. The highest BCUT2D eigenvalue weighted by atomic mass is 14.9. The first-order valence-corrected chi connectivity index (χ1v) is 6.20. The highest BCUT2D eigenvalue weighted by Gasteiger charge is 2.12. The smallest absolute Gasteiger partial charge is 0.00196 e. The van der Waals surface area contributed by atoms with Crippen LogP contribution in [0.2, 0.25) is 0 Å². The van der Waals surface area contributed by atoms with Crippen LogP contribution in [0.5, 0.6) is 0 Å². The van der Waals surface area contributed by atoms with Gasteiger partial charge in [0.25, 0.3) is 0 Å². The number of aryl methyl sites for hydroxylation is 1. The fraction of sp³-hybridized carbons (Fsp3) is 0.571. The monoisotopic (exact) mass is 220 g/mol. The van der Waals surface area contributed by atoms with Crippen molar-refractivity contribution in [1.29, 1.82) is 0 Å². The lowest BCUT2D eigenvalue weighted by molar-refractivity contribution is 0.517. The zero-order chi connectivity index (χ0) is 11.6. The van der Waals surface area contributed by atoms with Crippen molar-refractivity contribution in [1.82, 2.24) is 10.6 Å². The molecule has 90 valence electrons. The molecule has 2 N–H and O–H groups in total. The summed E-state index contributed by atoms with van der Waals surface area (Å²) in [7, 11) is 2.02. The summed E-state index contributed by atoms with van der Waals surface area (Å²) in [4.78, 5) is 0. The van der Waals surface area contributed by atoms with Crippen molar-refractivity contribution in [3.63, 3.8) is 0 Å². The van der Waals surface area contributed by atoms with Crippen molar-refractivity contribution in [2.45, 2.75) is 19.8 Å². The Morgan fingerprint density at radius 3 is 2.50 bits per heavy atom. The van der Waals surface area contributed by atoms with Crippen LogP contribution in [0.15, 0.2) is 30.3 Å². The van der Waals surface area contributed by atoms with Crippen LogP contribution in [0.25, 0.3) is 0 Å². The summed E-state index contributed by atoms with van der Waals surface area (Å²) in [6.45, 7) is 5.72. The molecular weight excluding hydrogens is 196 g/mol. The normalized spacial score (nSPS) is 19.0. The molecule has 0 aliphatic carbocycles. The van der Waals surface area contributed by atoms with Gasteiger partial charge in [-0.2, -0.15) is 0 Å². The molecule has 1 atom stereocenters. The third-order valence-corrected chi connectivity index (χ3v) is 2.91. The Morgan fingerprint density at radius 1 is 1.31 bits per heavy atom. The average molecular weight is 220 g/mol. The van der Waals surface area contributed by atoms with Crippen molar-refractivity contribution in [2.75, 3.05) is 26.7 Å². The van der Waals surface area contributed by atoms with Crippen molar-refractivity contribution < 1.29 is 0 Å². The van der Waals surface area contributed by atoms with Gasteiger partial charge < -0.3 is 10.6 Å². The van der Waals surface area contributed by atoms with Crippen LogP contribution in [0.4, 0.5) is 0 Å². The Labute approximate surface area is 99.5 Å². The maximum Gasteiger partial charge on any atom is -0.00196 e. The second-order valence-corrected chi connectivity index (χ2v) is 4.41. The molecule has 1 aromatic carbocycles. The highest BCUT2D eigenvalue weighted by molar-refractivity contribution is 5.11. The fourth-order valence-electron chi connectivity index (χ4n) is 1.84. The molecule has 2 rings (SSSR count). The van der Waals surface area contributed by atoms with Crippen molar-refractivity contribution >= 4 is 0 Å². The maximum absolute atomic E-state index is 3.35. The summed E-state index contributed by atoms with van der Waals surface area (Å²) >= 11 is 0. The van der Waals surface area contributed by atoms with Crippen LogP contribution >= 0.6 is 0 Å². The van der Waals surface area contributed by atoms with E-state index in [0.29, 0.717) is 0 Å². The topological polar surface area (TPSA) is 24.1 Å². The van der Waals surface area contributed by atoms with E-state index >= 15 is 0 Å². The van der Waals surface area contributed by atoms with Crippen LogP contribution in [0.3, 0.4) is 0 Å². The molecule has 0 radical (unpaired) electrons. The minimum atomic E-state index is 0.942. The van der Waals surface area contributed by atoms with Crippen LogP contribution in [-0.2, 0) is 0 Å². The van der Waals surface area contributed by atoms with E-state index in [4.69, 9.17) is 0 Å². The van der Waals surface area contributed by atoms with Gasteiger partial charge in [0.1, 0.15) is 0 Å². The van der Waals surface area contributed by atoms with Gasteiger partial charge in [-0.15, -0.1) is 0 Å². The van der Waals surface area contributed by atoms with E-state index in [1.807, 2.05) is 25.2 Å². The summed E-state index contributed by atoms with van der Waals surface area (Å²) in [6.07, 6.45) is 2.71. The predicted molar refractivity (Wildman–Crippen MR) is 70.7 cm³/mol. The van der Waals surface area contributed by atoms with E-state index in [1.54, 1.807) is 0 Å². The molecule has 0 unspecified atom stereocenters. The SMILES string of the molecule is CNCC[C@H]1CCNC1.Cc1ccccc1. The molecule has 1 aromatic rings. The molecule has 2 heteroatoms. The first kappa shape index (κ1) is 13.2. The molecular formula is C14H24N2. The molecule has 1 heterocycles. The van der Waals surface area contributed by atoms with E-state index in [9.17, 15) is 0 Å². The van der Waals surface area contributed by atoms with E-state index in [2.05, 4.69) is 29.7 Å². The lowest BCUT2D eigenvalue weighted by atomic mass is 10.1. The zero-order valence-electron chi connectivity index (χ0n) is 10.5. The Bertz CT molecular complexity index is 253. The lowest BCUT2D eigenvalue weighted by Crippen LogP contribution is -2.15. The molecule has 0 bridgehead atoms. The quantitative estimate of drug-likeness (QED) is 0.816. The Kier molecular flexibility index (Phi) is 6.86. The number of nitrogens with one attached hydrogen (secondary N) is 2. The van der Waals surface area contributed by atoms with Gasteiger partial charge in [-0.1, -0.05) is 35.9 Å². The molecule has 1 saturated heterocycles. The van der Waals surface area contributed by atoms with E-state index in [-0.39, 0.29) is 0 Å². The highest BCUT2D eigenvalue weighted by Crippen LogP contribution is 2.10. The van der Waals surface area contributed by atoms with Gasteiger partial charge in [0.2, 0.25) is 0 Å². The van der Waals surface area contributed by atoms with E-state index < -0.39 is 0 Å². The molecule has 0 amide bonds. The summed E-state index contributed by atoms with van der Waals surface area (Å²) in [5.74, 6) is 0.942. The third kappa shape index (κ3) is 5.89. The third-order valence-electron chi connectivity index (χ3n) is 2.91. The summed E-state index contributed by atoms with van der Waals surface area (Å²) in [6, 6.07) is 10.3. The van der Waals surface area contributed by atoms with Crippen LogP contribution < -0.4 is 10.6 Å². The van der Waals surface area contributed by atoms with Crippen molar-refractivity contribution in [3.05, 3.63) is 35.9 Å². The first-order chi connectivity index (χ1) is 7.83. The summed E-state index contributed by atoms with van der Waals surface area (Å²) < 4.78 is 0. The van der Waals surface area contributed by atoms with Crippen LogP contribution in [0, 0.1) is 12.8 Å². The fourth-order valence-corrected chi connectivity index (χ4v) is 1.84. The van der Waals surface area contributed by atoms with E-state index in [0.717, 1.165) is 5.92 Å². The first-order valence-electron chi connectivity index (χ1n) is 6.20. The van der Waals surface area contributed by atoms with Gasteiger partial charge in [0.15, 0.2) is 0 Å². The Hall–Kier alpha value is -0.860. The second-order valence-electron chi connectivity index (χ2n) is 4.41. The number of rotatable bonds is 3. The van der Waals surface area contributed by atoms with Crippen LogP contribution in [0.1, 0.15) is 18.4 Å². The molecule has 1 aliphatic rings. The number of hydrogen-bond acceptors (Lipinski definition) is 2. The Balaban J connectivity index is 0.000000165. The van der Waals surface area contributed by atoms with Gasteiger partial charge in [-0.3, -0.25) is 0 Å². The molecule has 0 spiro atoms. The molecule has 1 aliphatic heterocycles. The summed E-state index contributed by atoms with van der Waals surface area (Å²) in [5.41, 5.74) is 1.32. The lowest BCUT2D eigenvalue weighted by Gasteiger charge is -2.05. The molecule has 0 aromatic heterocycles. The van der Waals surface area contributed by atoms with Crippen molar-refractivity contribution in [2.24, 2.45) is 5.92 Å². The van der Waals surface area contributed by atoms with Gasteiger partial charge in [-0.05, 0) is 52.4 Å². The minimum absolute atomic E-state index is 0.942. The zero-order valence-corrected chi connectivity index (χ0v) is 10.5. The van der Waals surface area contributed by atoms with Crippen molar-refractivity contribution in [3.8, 4) is 0 Å². The summed E-state index contributed by atoms with van der Waals surface area (Å²) in [5, 5.41) is 6.52. The Morgan fingerprint density at radius 2 is 2.06 bits per heavy atom. The van der Waals surface area contributed by atoms with Gasteiger partial charge >= 0.3 is 0 Å². The number of hydrogen-bond donors (Lipinski definition) is 2. The largest absolute Gasteiger partial charge is 0.320 e. The van der Waals surface area contributed by atoms with Gasteiger partial charge in [0.05, 0.1) is 0 Å². The molecule has 1 fully saturated rings. The standard InChI is InChI=1S/C7H16N2.C7H8/c1-8-4-2-7-3-5-9-6-7;1-7-5-3-2-4-6-7/h7-9H,2-6H2,1H3;2-6H,1H3/t7-;/m0./s1. The predicted octanol–water partition coefficient (Wildman–Crippen LogP) is 2.20.